The van der Waals surface area contributed by atoms with Gasteiger partial charge in [0.15, 0.2) is 0 Å². The molecule has 2 aromatic carbocycles. The lowest BCUT2D eigenvalue weighted by Crippen LogP contribution is -2.31. The Balaban J connectivity index is 1.96. The van der Waals surface area contributed by atoms with Crippen molar-refractivity contribution in [3.63, 3.8) is 0 Å². The zero-order valence-corrected chi connectivity index (χ0v) is 15.6. The van der Waals surface area contributed by atoms with Gasteiger partial charge < -0.3 is 4.74 Å². The van der Waals surface area contributed by atoms with E-state index in [4.69, 9.17) is 4.74 Å². The highest BCUT2D eigenvalue weighted by Gasteiger charge is 2.16. The Hall–Kier alpha value is -2.39. The van der Waals surface area contributed by atoms with Gasteiger partial charge in [0.1, 0.15) is 6.10 Å². The molecule has 3 heteroatoms. The van der Waals surface area contributed by atoms with Gasteiger partial charge in [-0.1, -0.05) is 93.1 Å². The maximum atomic E-state index is 12.3. The van der Waals surface area contributed by atoms with Crippen molar-refractivity contribution >= 4 is 5.97 Å². The smallest absolute Gasteiger partial charge is 0.320 e. The molecular formula is C23H29NO2. The molecule has 138 valence electrons. The Kier molecular flexibility index (Phi) is 8.64. The van der Waals surface area contributed by atoms with Gasteiger partial charge in [-0.2, -0.15) is 0 Å². The summed E-state index contributed by atoms with van der Waals surface area (Å²) in [4.78, 5) is 12.3. The number of ether oxygens (including phenoxy) is 1. The van der Waals surface area contributed by atoms with Gasteiger partial charge in [-0.3, -0.25) is 10.1 Å². The maximum absolute atomic E-state index is 12.3. The van der Waals surface area contributed by atoms with Crippen molar-refractivity contribution in [3.8, 4) is 0 Å². The van der Waals surface area contributed by atoms with E-state index >= 15 is 0 Å². The number of rotatable bonds is 11. The number of nitrogens with one attached hydrogen (secondary N) is 1. The van der Waals surface area contributed by atoms with Gasteiger partial charge >= 0.3 is 5.97 Å². The van der Waals surface area contributed by atoms with Crippen LogP contribution in [0, 0.1) is 0 Å². The number of carbonyl (C=O) groups excluding carboxylic acids is 1. The van der Waals surface area contributed by atoms with Crippen LogP contribution in [-0.2, 0) is 9.53 Å². The summed E-state index contributed by atoms with van der Waals surface area (Å²) >= 11 is 0. The normalized spacial score (nSPS) is 11.9. The van der Waals surface area contributed by atoms with Crippen molar-refractivity contribution in [2.45, 2.75) is 44.8 Å². The molecule has 3 nitrogen and oxygen atoms in total. The quantitative estimate of drug-likeness (QED) is 0.350. The Morgan fingerprint density at radius 2 is 1.62 bits per heavy atom. The highest BCUT2D eigenvalue weighted by Crippen LogP contribution is 2.21. The van der Waals surface area contributed by atoms with Gasteiger partial charge in [0.05, 0.1) is 12.6 Å². The largest absolute Gasteiger partial charge is 0.457 e. The summed E-state index contributed by atoms with van der Waals surface area (Å²) < 4.78 is 5.55. The molecule has 0 radical (unpaired) electrons. The van der Waals surface area contributed by atoms with Gasteiger partial charge in [0.25, 0.3) is 0 Å². The first-order chi connectivity index (χ1) is 12.7. The van der Waals surface area contributed by atoms with E-state index in [0.717, 1.165) is 36.8 Å². The summed E-state index contributed by atoms with van der Waals surface area (Å²) in [6, 6.07) is 20.2. The maximum Gasteiger partial charge on any atom is 0.320 e. The van der Waals surface area contributed by atoms with E-state index in [9.17, 15) is 4.79 Å². The molecule has 0 aliphatic rings. The molecule has 0 saturated carbocycles. The van der Waals surface area contributed by atoms with Crippen molar-refractivity contribution in [2.24, 2.45) is 0 Å². The van der Waals surface area contributed by atoms with Gasteiger partial charge in [0, 0.05) is 0 Å². The fraction of sp³-hybridized carbons (Fsp3) is 0.348. The summed E-state index contributed by atoms with van der Waals surface area (Å²) in [6.07, 6.45) is 5.69. The van der Waals surface area contributed by atoms with Crippen LogP contribution in [0.25, 0.3) is 0 Å². The molecular weight excluding hydrogens is 322 g/mol. The molecule has 0 aliphatic heterocycles. The summed E-state index contributed by atoms with van der Waals surface area (Å²) in [5, 5.41) is 3.34. The number of esters is 1. The second-order valence-electron chi connectivity index (χ2n) is 6.40. The molecule has 0 amide bonds. The fourth-order valence-electron chi connectivity index (χ4n) is 2.94. The zero-order valence-electron chi connectivity index (χ0n) is 15.6. The monoisotopic (exact) mass is 351 g/mol. The van der Waals surface area contributed by atoms with Crippen LogP contribution < -0.4 is 5.32 Å². The van der Waals surface area contributed by atoms with E-state index in [1.54, 1.807) is 6.08 Å². The van der Waals surface area contributed by atoms with E-state index in [2.05, 4.69) is 43.1 Å². The van der Waals surface area contributed by atoms with E-state index in [1.165, 1.54) is 0 Å². The van der Waals surface area contributed by atoms with E-state index in [-0.39, 0.29) is 24.7 Å². The molecule has 0 aromatic heterocycles. The predicted octanol–water partition coefficient (Wildman–Crippen LogP) is 5.04. The highest BCUT2D eigenvalue weighted by molar-refractivity contribution is 5.72. The molecule has 26 heavy (non-hydrogen) atoms. The highest BCUT2D eigenvalue weighted by atomic mass is 16.5. The van der Waals surface area contributed by atoms with Gasteiger partial charge in [-0.15, -0.1) is 0 Å². The zero-order chi connectivity index (χ0) is 18.6. The van der Waals surface area contributed by atoms with E-state index in [1.807, 2.05) is 36.4 Å². The first-order valence-electron chi connectivity index (χ1n) is 9.40. The molecule has 2 aromatic rings. The number of unbranched alkanes of at least 4 members (excludes halogenated alkanes) is 2. The Morgan fingerprint density at radius 3 is 2.12 bits per heavy atom. The average Bonchev–Trinajstić information content (AvgIpc) is 2.69. The van der Waals surface area contributed by atoms with Gasteiger partial charge in [-0.05, 0) is 24.0 Å². The van der Waals surface area contributed by atoms with Crippen LogP contribution in [0.2, 0.25) is 0 Å². The lowest BCUT2D eigenvalue weighted by atomic mass is 9.99. The van der Waals surface area contributed by atoms with Crippen molar-refractivity contribution in [3.05, 3.63) is 84.4 Å². The molecule has 0 spiro atoms. The van der Waals surface area contributed by atoms with Crippen LogP contribution in [0.5, 0.6) is 0 Å². The molecule has 1 atom stereocenters. The number of benzene rings is 2. The van der Waals surface area contributed by atoms with Crippen molar-refractivity contribution in [1.82, 2.24) is 5.32 Å². The topological polar surface area (TPSA) is 38.3 Å². The first-order valence-corrected chi connectivity index (χ1v) is 9.40. The third-order valence-corrected chi connectivity index (χ3v) is 4.35. The first kappa shape index (κ1) is 19.9. The molecule has 1 unspecified atom stereocenters. The molecule has 0 heterocycles. The van der Waals surface area contributed by atoms with Crippen LogP contribution >= 0.6 is 0 Å². The molecule has 2 rings (SSSR count). The Bertz CT molecular complexity index is 615. The third-order valence-electron chi connectivity index (χ3n) is 4.35. The average molecular weight is 351 g/mol. The van der Waals surface area contributed by atoms with Crippen LogP contribution in [0.3, 0.4) is 0 Å². The lowest BCUT2D eigenvalue weighted by molar-refractivity contribution is -0.146. The minimum Gasteiger partial charge on any atom is -0.457 e. The molecule has 0 aliphatic carbocycles. The van der Waals surface area contributed by atoms with E-state index < -0.39 is 0 Å². The standard InChI is InChI=1S/C23H29NO2/c1-3-5-8-17-21(4-2)26-22(25)18-24-23(19-13-9-6-10-14-19)20-15-11-7-12-16-20/h4,6-7,9-16,21,23-24H,2-3,5,8,17-18H2,1H3. The van der Waals surface area contributed by atoms with Gasteiger partial charge in [-0.25, -0.2) is 0 Å². The summed E-state index contributed by atoms with van der Waals surface area (Å²) in [6.45, 7) is 6.10. The SMILES string of the molecule is C=CC(CCCCC)OC(=O)CNC(c1ccccc1)c1ccccc1. The number of carbonyl (C=O) groups is 1. The number of hydrogen-bond donors (Lipinski definition) is 1. The van der Waals surface area contributed by atoms with Crippen LogP contribution in [-0.4, -0.2) is 18.6 Å². The Labute approximate surface area is 157 Å². The minimum atomic E-state index is -0.247. The van der Waals surface area contributed by atoms with Crippen LogP contribution in [0.15, 0.2) is 73.3 Å². The second kappa shape index (κ2) is 11.3. The minimum absolute atomic E-state index is 0.0489. The van der Waals surface area contributed by atoms with Crippen molar-refractivity contribution in [2.75, 3.05) is 6.54 Å². The predicted molar refractivity (Wildman–Crippen MR) is 107 cm³/mol. The second-order valence-corrected chi connectivity index (χ2v) is 6.40. The summed E-state index contributed by atoms with van der Waals surface area (Å²) in [5.41, 5.74) is 2.24. The number of hydrogen-bond acceptors (Lipinski definition) is 3. The van der Waals surface area contributed by atoms with Crippen LogP contribution in [0.4, 0.5) is 0 Å². The van der Waals surface area contributed by atoms with Crippen molar-refractivity contribution < 1.29 is 9.53 Å². The Morgan fingerprint density at radius 1 is 1.04 bits per heavy atom. The fourth-order valence-corrected chi connectivity index (χ4v) is 2.94. The molecule has 0 bridgehead atoms. The lowest BCUT2D eigenvalue weighted by Gasteiger charge is -2.20. The van der Waals surface area contributed by atoms with Gasteiger partial charge in [0.2, 0.25) is 0 Å². The summed E-state index contributed by atoms with van der Waals surface area (Å²) in [7, 11) is 0. The van der Waals surface area contributed by atoms with Crippen LogP contribution in [0.1, 0.15) is 49.8 Å². The summed E-state index contributed by atoms with van der Waals surface area (Å²) in [5.74, 6) is -0.247. The molecule has 0 fully saturated rings. The molecule has 0 saturated heterocycles. The van der Waals surface area contributed by atoms with Crippen molar-refractivity contribution in [1.29, 1.82) is 0 Å². The molecule has 1 N–H and O–H groups in total. The van der Waals surface area contributed by atoms with E-state index in [0.29, 0.717) is 0 Å². The third kappa shape index (κ3) is 6.49.